The molecule has 142 valence electrons. The largest absolute Gasteiger partial charge is 0.435 e. The molecule has 1 aliphatic heterocycles. The highest BCUT2D eigenvalue weighted by atomic mass is 127. The first-order chi connectivity index (χ1) is 11.9. The van der Waals surface area contributed by atoms with E-state index in [4.69, 9.17) is 0 Å². The molecular formula is C17H21F3IN5. The molecule has 3 rings (SSSR count). The van der Waals surface area contributed by atoms with Gasteiger partial charge in [-0.1, -0.05) is 24.3 Å². The van der Waals surface area contributed by atoms with E-state index in [1.165, 1.54) is 29.1 Å². The monoisotopic (exact) mass is 479 g/mol. The van der Waals surface area contributed by atoms with Crippen LogP contribution in [0.1, 0.15) is 22.4 Å². The van der Waals surface area contributed by atoms with Crippen LogP contribution in [0.15, 0.2) is 35.5 Å². The second-order valence-corrected chi connectivity index (χ2v) is 6.02. The molecule has 1 aliphatic rings. The highest BCUT2D eigenvalue weighted by Crippen LogP contribution is 2.30. The molecule has 1 aromatic carbocycles. The Morgan fingerprint density at radius 2 is 1.96 bits per heavy atom. The number of aromatic nitrogens is 2. The lowest BCUT2D eigenvalue weighted by molar-refractivity contribution is -0.142. The van der Waals surface area contributed by atoms with Crippen LogP contribution in [-0.4, -0.2) is 34.2 Å². The number of guanidine groups is 1. The number of hydrogen-bond acceptors (Lipinski definition) is 2. The van der Waals surface area contributed by atoms with Crippen LogP contribution in [-0.2, 0) is 32.7 Å². The first-order valence-corrected chi connectivity index (χ1v) is 8.00. The fourth-order valence-electron chi connectivity index (χ4n) is 3.09. The summed E-state index contributed by atoms with van der Waals surface area (Å²) in [7, 11) is 3.12. The number of rotatable bonds is 2. The summed E-state index contributed by atoms with van der Waals surface area (Å²) in [6.45, 7) is 1.48. The summed E-state index contributed by atoms with van der Waals surface area (Å²) in [4.78, 5) is 6.27. The van der Waals surface area contributed by atoms with Gasteiger partial charge in [-0.2, -0.15) is 18.3 Å². The van der Waals surface area contributed by atoms with Crippen LogP contribution >= 0.6 is 24.0 Å². The summed E-state index contributed by atoms with van der Waals surface area (Å²) in [5.41, 5.74) is 1.77. The molecule has 0 amide bonds. The minimum Gasteiger partial charge on any atom is -0.352 e. The van der Waals surface area contributed by atoms with Gasteiger partial charge in [0.05, 0.1) is 0 Å². The van der Waals surface area contributed by atoms with Crippen LogP contribution in [0.25, 0.3) is 0 Å². The third-order valence-electron chi connectivity index (χ3n) is 4.25. The SMILES string of the molecule is CN=C(NCc1cn(C)nc1C(F)(F)F)N1CCc2ccccc2C1.I. The molecule has 0 spiro atoms. The number of hydrogen-bond donors (Lipinski definition) is 1. The van der Waals surface area contributed by atoms with E-state index in [9.17, 15) is 13.2 Å². The Hall–Kier alpha value is -1.78. The Bertz CT molecular complexity index is 785. The maximum Gasteiger partial charge on any atom is 0.435 e. The molecule has 0 unspecified atom stereocenters. The predicted octanol–water partition coefficient (Wildman–Crippen LogP) is 3.19. The Labute approximate surface area is 167 Å². The van der Waals surface area contributed by atoms with Crippen LogP contribution in [0.4, 0.5) is 13.2 Å². The summed E-state index contributed by atoms with van der Waals surface area (Å²) in [6.07, 6.45) is -2.20. The van der Waals surface area contributed by atoms with Gasteiger partial charge < -0.3 is 10.2 Å². The van der Waals surface area contributed by atoms with Crippen LogP contribution in [0.3, 0.4) is 0 Å². The average molecular weight is 479 g/mol. The molecule has 0 aliphatic carbocycles. The van der Waals surface area contributed by atoms with Gasteiger partial charge >= 0.3 is 6.18 Å². The number of nitrogens with zero attached hydrogens (tertiary/aromatic N) is 4. The zero-order valence-corrected chi connectivity index (χ0v) is 16.9. The molecule has 5 nitrogen and oxygen atoms in total. The average Bonchev–Trinajstić information content (AvgIpc) is 2.96. The minimum atomic E-state index is -4.47. The van der Waals surface area contributed by atoms with E-state index >= 15 is 0 Å². The van der Waals surface area contributed by atoms with E-state index in [2.05, 4.69) is 27.5 Å². The number of aliphatic imine (C=N–C) groups is 1. The smallest absolute Gasteiger partial charge is 0.352 e. The van der Waals surface area contributed by atoms with Gasteiger partial charge in [-0.15, -0.1) is 24.0 Å². The van der Waals surface area contributed by atoms with E-state index in [1.54, 1.807) is 7.05 Å². The normalized spacial score (nSPS) is 14.7. The molecule has 0 atom stereocenters. The lowest BCUT2D eigenvalue weighted by Gasteiger charge is -2.31. The van der Waals surface area contributed by atoms with Gasteiger partial charge in [-0.05, 0) is 17.5 Å². The van der Waals surface area contributed by atoms with Crippen molar-refractivity contribution in [3.63, 3.8) is 0 Å². The molecular weight excluding hydrogens is 458 g/mol. The molecule has 9 heteroatoms. The first-order valence-electron chi connectivity index (χ1n) is 8.00. The van der Waals surface area contributed by atoms with Gasteiger partial charge in [0.1, 0.15) is 0 Å². The van der Waals surface area contributed by atoms with Gasteiger partial charge in [-0.25, -0.2) is 0 Å². The van der Waals surface area contributed by atoms with Crippen molar-refractivity contribution in [2.75, 3.05) is 13.6 Å². The molecule has 0 saturated heterocycles. The third-order valence-corrected chi connectivity index (χ3v) is 4.25. The van der Waals surface area contributed by atoms with Gasteiger partial charge in [0.15, 0.2) is 11.7 Å². The lowest BCUT2D eigenvalue weighted by Crippen LogP contribution is -2.43. The van der Waals surface area contributed by atoms with Crippen molar-refractivity contribution in [1.82, 2.24) is 20.0 Å². The number of nitrogens with one attached hydrogen (secondary N) is 1. The highest BCUT2D eigenvalue weighted by Gasteiger charge is 2.36. The van der Waals surface area contributed by atoms with Crippen molar-refractivity contribution < 1.29 is 13.2 Å². The zero-order valence-electron chi connectivity index (χ0n) is 14.5. The summed E-state index contributed by atoms with van der Waals surface area (Å²) >= 11 is 0. The van der Waals surface area contributed by atoms with E-state index in [0.717, 1.165) is 13.0 Å². The summed E-state index contributed by atoms with van der Waals surface area (Å²) < 4.78 is 40.3. The van der Waals surface area contributed by atoms with Crippen LogP contribution in [0.2, 0.25) is 0 Å². The summed E-state index contributed by atoms with van der Waals surface area (Å²) in [5, 5.41) is 6.56. The van der Waals surface area contributed by atoms with E-state index in [1.807, 2.05) is 17.0 Å². The number of alkyl halides is 3. The Morgan fingerprint density at radius 1 is 1.27 bits per heavy atom. The van der Waals surface area contributed by atoms with Crippen molar-refractivity contribution in [2.45, 2.75) is 25.7 Å². The second kappa shape index (κ2) is 8.28. The molecule has 2 aromatic rings. The maximum absolute atomic E-state index is 13.0. The minimum absolute atomic E-state index is 0. The molecule has 0 saturated carbocycles. The number of aryl methyl sites for hydroxylation is 1. The van der Waals surface area contributed by atoms with E-state index in [0.29, 0.717) is 12.5 Å². The van der Waals surface area contributed by atoms with Crippen LogP contribution < -0.4 is 5.32 Å². The molecule has 0 bridgehead atoms. The lowest BCUT2D eigenvalue weighted by atomic mass is 10.0. The van der Waals surface area contributed by atoms with Crippen molar-refractivity contribution in [1.29, 1.82) is 0 Å². The van der Waals surface area contributed by atoms with Gasteiger partial charge in [0.2, 0.25) is 0 Å². The van der Waals surface area contributed by atoms with Crippen molar-refractivity contribution >= 4 is 29.9 Å². The van der Waals surface area contributed by atoms with Crippen molar-refractivity contribution in [2.24, 2.45) is 12.0 Å². The van der Waals surface area contributed by atoms with Gasteiger partial charge in [0, 0.05) is 45.5 Å². The van der Waals surface area contributed by atoms with Crippen molar-refractivity contribution in [3.05, 3.63) is 52.8 Å². The fourth-order valence-corrected chi connectivity index (χ4v) is 3.09. The van der Waals surface area contributed by atoms with Crippen molar-refractivity contribution in [3.8, 4) is 0 Å². The highest BCUT2D eigenvalue weighted by molar-refractivity contribution is 14.0. The second-order valence-electron chi connectivity index (χ2n) is 6.02. The topological polar surface area (TPSA) is 45.5 Å². The molecule has 0 fully saturated rings. The molecule has 1 aromatic heterocycles. The number of halogens is 4. The standard InChI is InChI=1S/C17H20F3N5.HI/c1-21-16(25-8-7-12-5-3-4-6-13(12)11-25)22-9-14-10-24(2)23-15(14)17(18,19)20;/h3-6,10H,7-9,11H2,1-2H3,(H,21,22);1H. The van der Waals surface area contributed by atoms with Crippen LogP contribution in [0, 0.1) is 0 Å². The molecule has 1 N–H and O–H groups in total. The van der Waals surface area contributed by atoms with Crippen LogP contribution in [0.5, 0.6) is 0 Å². The maximum atomic E-state index is 13.0. The fraction of sp³-hybridized carbons (Fsp3) is 0.412. The first kappa shape index (κ1) is 20.5. The molecule has 0 radical (unpaired) electrons. The quantitative estimate of drug-likeness (QED) is 0.409. The Balaban J connectivity index is 0.00000243. The summed E-state index contributed by atoms with van der Waals surface area (Å²) in [6, 6.07) is 8.18. The molecule has 26 heavy (non-hydrogen) atoms. The third kappa shape index (κ3) is 4.49. The van der Waals surface area contributed by atoms with Gasteiger partial charge in [0.25, 0.3) is 0 Å². The Kier molecular flexibility index (Phi) is 6.53. The number of fused-ring (bicyclic) bond motifs is 1. The zero-order chi connectivity index (χ0) is 18.0. The predicted molar refractivity (Wildman–Crippen MR) is 104 cm³/mol. The van der Waals surface area contributed by atoms with E-state index in [-0.39, 0.29) is 36.1 Å². The van der Waals surface area contributed by atoms with E-state index < -0.39 is 11.9 Å². The molecule has 2 heterocycles. The van der Waals surface area contributed by atoms with Gasteiger partial charge in [-0.3, -0.25) is 9.67 Å². The summed E-state index contributed by atoms with van der Waals surface area (Å²) in [5.74, 6) is 0.589. The number of benzene rings is 1. The Morgan fingerprint density at radius 3 is 2.62 bits per heavy atom.